The third-order valence-corrected chi connectivity index (χ3v) is 3.82. The van der Waals surface area contributed by atoms with Crippen LogP contribution in [0.1, 0.15) is 38.2 Å². The molecule has 0 aliphatic heterocycles. The highest BCUT2D eigenvalue weighted by Gasteiger charge is 2.05. The summed E-state index contributed by atoms with van der Waals surface area (Å²) in [6.07, 6.45) is 3.53. The van der Waals surface area contributed by atoms with Crippen molar-refractivity contribution in [2.45, 2.75) is 39.2 Å². The number of unbranched alkanes of at least 4 members (excludes halogenated alkanes) is 2. The fourth-order valence-electron chi connectivity index (χ4n) is 2.26. The van der Waals surface area contributed by atoms with E-state index in [0.29, 0.717) is 18.1 Å². The van der Waals surface area contributed by atoms with E-state index in [-0.39, 0.29) is 5.91 Å². The molecule has 0 unspecified atom stereocenters. The molecule has 2 rings (SSSR count). The lowest BCUT2D eigenvalue weighted by atomic mass is 10.2. The van der Waals surface area contributed by atoms with Gasteiger partial charge < -0.3 is 15.4 Å². The van der Waals surface area contributed by atoms with Gasteiger partial charge in [-0.25, -0.2) is 0 Å². The standard InChI is InChI=1S/C20H24N2O2S/c1-2-3-5-10-19(23)22-20(25)21-17-11-13-18(14-12-17)24-15-16-8-6-4-7-9-16/h4,6-9,11-14H,2-3,5,10,15H2,1H3,(H2,21,22,23,25). The number of anilines is 1. The van der Waals surface area contributed by atoms with Crippen LogP contribution in [0.4, 0.5) is 5.69 Å². The van der Waals surface area contributed by atoms with E-state index in [1.807, 2.05) is 54.6 Å². The van der Waals surface area contributed by atoms with E-state index in [1.165, 1.54) is 0 Å². The molecule has 0 heterocycles. The van der Waals surface area contributed by atoms with E-state index in [9.17, 15) is 4.79 Å². The van der Waals surface area contributed by atoms with Crippen molar-refractivity contribution in [3.63, 3.8) is 0 Å². The van der Waals surface area contributed by atoms with Crippen molar-refractivity contribution in [2.24, 2.45) is 0 Å². The molecular weight excluding hydrogens is 332 g/mol. The lowest BCUT2D eigenvalue weighted by Gasteiger charge is -2.11. The van der Waals surface area contributed by atoms with Crippen molar-refractivity contribution in [2.75, 3.05) is 5.32 Å². The average Bonchev–Trinajstić information content (AvgIpc) is 2.62. The quantitative estimate of drug-likeness (QED) is 0.533. The summed E-state index contributed by atoms with van der Waals surface area (Å²) in [6.45, 7) is 2.64. The Morgan fingerprint density at radius 2 is 1.76 bits per heavy atom. The van der Waals surface area contributed by atoms with Crippen LogP contribution in [0.15, 0.2) is 54.6 Å². The molecule has 5 heteroatoms. The molecule has 4 nitrogen and oxygen atoms in total. The van der Waals surface area contributed by atoms with Crippen LogP contribution in [-0.2, 0) is 11.4 Å². The average molecular weight is 356 g/mol. The highest BCUT2D eigenvalue weighted by Crippen LogP contribution is 2.17. The molecule has 0 aromatic heterocycles. The number of carbonyl (C=O) groups excluding carboxylic acids is 1. The monoisotopic (exact) mass is 356 g/mol. The molecule has 0 aliphatic carbocycles. The number of amides is 1. The normalized spacial score (nSPS) is 10.1. The van der Waals surface area contributed by atoms with Crippen LogP contribution < -0.4 is 15.4 Å². The van der Waals surface area contributed by atoms with Gasteiger partial charge in [0.15, 0.2) is 5.11 Å². The Labute approximate surface area is 154 Å². The second-order valence-electron chi connectivity index (χ2n) is 5.76. The van der Waals surface area contributed by atoms with Crippen molar-refractivity contribution in [1.82, 2.24) is 5.32 Å². The van der Waals surface area contributed by atoms with Gasteiger partial charge in [0.25, 0.3) is 0 Å². The molecule has 0 radical (unpaired) electrons. The first-order valence-corrected chi connectivity index (χ1v) is 8.96. The fraction of sp³-hybridized carbons (Fsp3) is 0.300. The molecule has 0 spiro atoms. The van der Waals surface area contributed by atoms with Crippen LogP contribution in [0.25, 0.3) is 0 Å². The number of ether oxygens (including phenoxy) is 1. The second-order valence-corrected chi connectivity index (χ2v) is 6.17. The smallest absolute Gasteiger partial charge is 0.226 e. The van der Waals surface area contributed by atoms with E-state index >= 15 is 0 Å². The van der Waals surface area contributed by atoms with Crippen LogP contribution in [-0.4, -0.2) is 11.0 Å². The first-order valence-electron chi connectivity index (χ1n) is 8.55. The summed E-state index contributed by atoms with van der Waals surface area (Å²) in [7, 11) is 0. The Bertz CT molecular complexity index is 672. The summed E-state index contributed by atoms with van der Waals surface area (Å²) in [5, 5.41) is 6.03. The Kier molecular flexibility index (Phi) is 7.92. The zero-order valence-electron chi connectivity index (χ0n) is 14.5. The minimum Gasteiger partial charge on any atom is -0.489 e. The first kappa shape index (κ1) is 18.9. The molecule has 2 aromatic rings. The van der Waals surface area contributed by atoms with Gasteiger partial charge in [0.2, 0.25) is 5.91 Å². The number of nitrogens with one attached hydrogen (secondary N) is 2. The minimum atomic E-state index is -0.0474. The molecule has 0 saturated heterocycles. The number of hydrogen-bond acceptors (Lipinski definition) is 3. The summed E-state index contributed by atoms with van der Waals surface area (Å²) in [5.41, 5.74) is 1.93. The van der Waals surface area contributed by atoms with Gasteiger partial charge in [-0.1, -0.05) is 50.1 Å². The van der Waals surface area contributed by atoms with Crippen LogP contribution >= 0.6 is 12.2 Å². The predicted octanol–water partition coefficient (Wildman–Crippen LogP) is 4.66. The van der Waals surface area contributed by atoms with Crippen molar-refractivity contribution in [3.8, 4) is 5.75 Å². The zero-order chi connectivity index (χ0) is 17.9. The number of thiocarbonyl (C=S) groups is 1. The minimum absolute atomic E-state index is 0.0474. The molecule has 132 valence electrons. The van der Waals surface area contributed by atoms with Gasteiger partial charge in [-0.15, -0.1) is 0 Å². The Hall–Kier alpha value is -2.40. The molecule has 0 atom stereocenters. The molecular formula is C20H24N2O2S. The summed E-state index contributed by atoms with van der Waals surface area (Å²) in [5.74, 6) is 0.734. The maximum Gasteiger partial charge on any atom is 0.226 e. The molecule has 25 heavy (non-hydrogen) atoms. The van der Waals surface area contributed by atoms with Crippen molar-refractivity contribution in [3.05, 3.63) is 60.2 Å². The van der Waals surface area contributed by atoms with Gasteiger partial charge in [-0.3, -0.25) is 4.79 Å². The van der Waals surface area contributed by atoms with Gasteiger partial charge in [0.05, 0.1) is 0 Å². The number of carbonyl (C=O) groups is 1. The molecule has 0 bridgehead atoms. The number of rotatable bonds is 8. The van der Waals surface area contributed by atoms with Gasteiger partial charge in [0.1, 0.15) is 12.4 Å². The molecule has 0 saturated carbocycles. The van der Waals surface area contributed by atoms with Gasteiger partial charge in [-0.2, -0.15) is 0 Å². The van der Waals surface area contributed by atoms with Crippen LogP contribution in [0.5, 0.6) is 5.75 Å². The van der Waals surface area contributed by atoms with E-state index < -0.39 is 0 Å². The summed E-state index contributed by atoms with van der Waals surface area (Å²) in [4.78, 5) is 11.7. The predicted molar refractivity (Wildman–Crippen MR) is 106 cm³/mol. The zero-order valence-corrected chi connectivity index (χ0v) is 15.3. The van der Waals surface area contributed by atoms with Crippen LogP contribution in [0.3, 0.4) is 0 Å². The Balaban J connectivity index is 1.75. The molecule has 0 fully saturated rings. The van der Waals surface area contributed by atoms with Crippen molar-refractivity contribution < 1.29 is 9.53 Å². The first-order chi connectivity index (χ1) is 12.2. The third-order valence-electron chi connectivity index (χ3n) is 3.62. The molecule has 1 amide bonds. The highest BCUT2D eigenvalue weighted by molar-refractivity contribution is 7.80. The van der Waals surface area contributed by atoms with Gasteiger partial charge in [0, 0.05) is 12.1 Å². The van der Waals surface area contributed by atoms with Crippen molar-refractivity contribution >= 4 is 28.9 Å². The summed E-state index contributed by atoms with van der Waals surface area (Å²) in [6, 6.07) is 17.5. The second kappa shape index (κ2) is 10.5. The Morgan fingerprint density at radius 3 is 2.44 bits per heavy atom. The summed E-state index contributed by atoms with van der Waals surface area (Å²) < 4.78 is 5.74. The van der Waals surface area contributed by atoms with E-state index in [2.05, 4.69) is 17.6 Å². The lowest BCUT2D eigenvalue weighted by Crippen LogP contribution is -2.33. The SMILES string of the molecule is CCCCCC(=O)NC(=S)Nc1ccc(OCc2ccccc2)cc1. The van der Waals surface area contributed by atoms with Gasteiger partial charge in [-0.05, 0) is 48.5 Å². The third kappa shape index (κ3) is 7.35. The topological polar surface area (TPSA) is 50.4 Å². The fourth-order valence-corrected chi connectivity index (χ4v) is 2.49. The largest absolute Gasteiger partial charge is 0.489 e. The van der Waals surface area contributed by atoms with E-state index in [4.69, 9.17) is 17.0 Å². The number of benzene rings is 2. The van der Waals surface area contributed by atoms with E-state index in [1.54, 1.807) is 0 Å². The molecule has 2 N–H and O–H groups in total. The molecule has 0 aliphatic rings. The lowest BCUT2D eigenvalue weighted by molar-refractivity contribution is -0.119. The molecule has 2 aromatic carbocycles. The summed E-state index contributed by atoms with van der Waals surface area (Å²) >= 11 is 5.16. The van der Waals surface area contributed by atoms with Crippen LogP contribution in [0, 0.1) is 0 Å². The van der Waals surface area contributed by atoms with Crippen LogP contribution in [0.2, 0.25) is 0 Å². The van der Waals surface area contributed by atoms with E-state index in [0.717, 1.165) is 36.3 Å². The maximum absolute atomic E-state index is 11.7. The van der Waals surface area contributed by atoms with Crippen molar-refractivity contribution in [1.29, 1.82) is 0 Å². The van der Waals surface area contributed by atoms with Gasteiger partial charge >= 0.3 is 0 Å². The highest BCUT2D eigenvalue weighted by atomic mass is 32.1. The maximum atomic E-state index is 11.7. The Morgan fingerprint density at radius 1 is 1.04 bits per heavy atom. The number of hydrogen-bond donors (Lipinski definition) is 2.